The van der Waals surface area contributed by atoms with Crippen LogP contribution in [-0.4, -0.2) is 54.9 Å². The number of hydrogen-bond acceptors (Lipinski definition) is 3. The molecule has 0 aromatic rings. The molecule has 6 heteroatoms. The van der Waals surface area contributed by atoms with Crippen molar-refractivity contribution in [3.8, 4) is 0 Å². The molecule has 1 fully saturated rings. The molecule has 17 heavy (non-hydrogen) atoms. The molecule has 0 aromatic carbocycles. The van der Waals surface area contributed by atoms with Gasteiger partial charge in [-0.1, -0.05) is 13.8 Å². The summed E-state index contributed by atoms with van der Waals surface area (Å²) in [5.74, 6) is 0.221. The van der Waals surface area contributed by atoms with Crippen molar-refractivity contribution in [3.63, 3.8) is 0 Å². The van der Waals surface area contributed by atoms with E-state index in [0.29, 0.717) is 13.1 Å². The summed E-state index contributed by atoms with van der Waals surface area (Å²) in [5.41, 5.74) is 0. The smallest absolute Gasteiger partial charge is 0.282 e. The normalized spacial score (nSPS) is 27.6. The van der Waals surface area contributed by atoms with E-state index in [2.05, 4.69) is 0 Å². The highest BCUT2D eigenvalue weighted by Crippen LogP contribution is 2.26. The molecule has 5 nitrogen and oxygen atoms in total. The molecule has 1 rings (SSSR count). The van der Waals surface area contributed by atoms with Crippen LogP contribution in [0.5, 0.6) is 0 Å². The van der Waals surface area contributed by atoms with E-state index in [1.165, 1.54) is 8.61 Å². The van der Waals surface area contributed by atoms with E-state index in [9.17, 15) is 13.5 Å². The van der Waals surface area contributed by atoms with Crippen LogP contribution in [0.15, 0.2) is 0 Å². The van der Waals surface area contributed by atoms with E-state index >= 15 is 0 Å². The van der Waals surface area contributed by atoms with Gasteiger partial charge in [0.15, 0.2) is 0 Å². The quantitative estimate of drug-likeness (QED) is 0.794. The Morgan fingerprint density at radius 2 is 2.12 bits per heavy atom. The van der Waals surface area contributed by atoms with Gasteiger partial charge in [-0.25, -0.2) is 0 Å². The second kappa shape index (κ2) is 6.13. The lowest BCUT2D eigenvalue weighted by Gasteiger charge is -2.39. The van der Waals surface area contributed by atoms with E-state index in [0.717, 1.165) is 19.3 Å². The molecule has 0 saturated carbocycles. The fraction of sp³-hybridized carbons (Fsp3) is 1.00. The standard InChI is InChI=1S/C11H24N2O3S/c1-4-7-12(3)17(15,16)13-8-5-6-10(2)11(13)9-14/h10-11,14H,4-9H2,1-3H3. The van der Waals surface area contributed by atoms with Gasteiger partial charge in [-0.05, 0) is 25.2 Å². The van der Waals surface area contributed by atoms with Crippen LogP contribution >= 0.6 is 0 Å². The Labute approximate surface area is 105 Å². The third-order valence-corrected chi connectivity index (χ3v) is 5.50. The zero-order valence-corrected chi connectivity index (χ0v) is 11.8. The molecule has 2 atom stereocenters. The Morgan fingerprint density at radius 3 is 2.65 bits per heavy atom. The monoisotopic (exact) mass is 264 g/mol. The van der Waals surface area contributed by atoms with E-state index in [1.54, 1.807) is 7.05 Å². The van der Waals surface area contributed by atoms with Crippen molar-refractivity contribution in [1.29, 1.82) is 0 Å². The third-order valence-electron chi connectivity index (χ3n) is 3.48. The van der Waals surface area contributed by atoms with Gasteiger partial charge in [0.1, 0.15) is 0 Å². The van der Waals surface area contributed by atoms with Gasteiger partial charge in [-0.3, -0.25) is 0 Å². The molecule has 102 valence electrons. The Hall–Kier alpha value is -0.170. The maximum atomic E-state index is 12.3. The molecular formula is C11H24N2O3S. The molecule has 0 bridgehead atoms. The summed E-state index contributed by atoms with van der Waals surface area (Å²) in [6.45, 7) is 4.90. The topological polar surface area (TPSA) is 60.9 Å². The van der Waals surface area contributed by atoms with E-state index in [1.807, 2.05) is 13.8 Å². The third kappa shape index (κ3) is 3.19. The van der Waals surface area contributed by atoms with Crippen LogP contribution in [0.3, 0.4) is 0 Å². The molecule has 0 aromatic heterocycles. The highest BCUT2D eigenvalue weighted by atomic mass is 32.2. The lowest BCUT2D eigenvalue weighted by atomic mass is 9.93. The first-order valence-electron chi connectivity index (χ1n) is 6.29. The van der Waals surface area contributed by atoms with Gasteiger partial charge in [0.2, 0.25) is 0 Å². The van der Waals surface area contributed by atoms with Crippen LogP contribution in [-0.2, 0) is 10.2 Å². The summed E-state index contributed by atoms with van der Waals surface area (Å²) in [7, 11) is -1.81. The average molecular weight is 264 g/mol. The first kappa shape index (κ1) is 14.9. The maximum absolute atomic E-state index is 12.3. The van der Waals surface area contributed by atoms with Gasteiger partial charge in [-0.15, -0.1) is 0 Å². The molecule has 1 heterocycles. The number of aliphatic hydroxyl groups is 1. The number of nitrogens with zero attached hydrogens (tertiary/aromatic N) is 2. The SMILES string of the molecule is CCCN(C)S(=O)(=O)N1CCCC(C)C1CO. The summed E-state index contributed by atoms with van der Waals surface area (Å²) < 4.78 is 27.5. The molecule has 0 spiro atoms. The van der Waals surface area contributed by atoms with Crippen LogP contribution < -0.4 is 0 Å². The molecule has 1 aliphatic heterocycles. The molecule has 2 unspecified atom stereocenters. The highest BCUT2D eigenvalue weighted by Gasteiger charge is 2.37. The predicted octanol–water partition coefficient (Wildman–Crippen LogP) is 0.666. The minimum atomic E-state index is -3.41. The van der Waals surface area contributed by atoms with Crippen molar-refractivity contribution < 1.29 is 13.5 Å². The predicted molar refractivity (Wildman–Crippen MR) is 67.8 cm³/mol. The van der Waals surface area contributed by atoms with Crippen LogP contribution in [0.4, 0.5) is 0 Å². The Kier molecular flexibility index (Phi) is 5.37. The molecule has 1 aliphatic rings. The molecule has 1 saturated heterocycles. The van der Waals surface area contributed by atoms with Gasteiger partial charge in [0.05, 0.1) is 12.6 Å². The van der Waals surface area contributed by atoms with Crippen molar-refractivity contribution in [2.24, 2.45) is 5.92 Å². The molecule has 0 amide bonds. The largest absolute Gasteiger partial charge is 0.395 e. The average Bonchev–Trinajstić information content (AvgIpc) is 2.29. The van der Waals surface area contributed by atoms with Crippen LogP contribution in [0.25, 0.3) is 0 Å². The number of piperidine rings is 1. The van der Waals surface area contributed by atoms with Crippen molar-refractivity contribution in [2.45, 2.75) is 39.2 Å². The van der Waals surface area contributed by atoms with Gasteiger partial charge >= 0.3 is 0 Å². The van der Waals surface area contributed by atoms with Crippen LogP contribution in [0.2, 0.25) is 0 Å². The fourth-order valence-electron chi connectivity index (χ4n) is 2.38. The summed E-state index contributed by atoms with van der Waals surface area (Å²) in [4.78, 5) is 0. The van der Waals surface area contributed by atoms with Crippen molar-refractivity contribution in [2.75, 3.05) is 26.7 Å². The van der Waals surface area contributed by atoms with Gasteiger partial charge in [0.25, 0.3) is 10.2 Å². The molecule has 0 radical (unpaired) electrons. The minimum Gasteiger partial charge on any atom is -0.395 e. The summed E-state index contributed by atoms with van der Waals surface area (Å²) in [5, 5.41) is 9.38. The van der Waals surface area contributed by atoms with E-state index in [4.69, 9.17) is 0 Å². The first-order chi connectivity index (χ1) is 7.95. The zero-order chi connectivity index (χ0) is 13.1. The summed E-state index contributed by atoms with van der Waals surface area (Å²) in [6.07, 6.45) is 2.65. The van der Waals surface area contributed by atoms with Gasteiger partial charge in [0, 0.05) is 20.1 Å². The Morgan fingerprint density at radius 1 is 1.47 bits per heavy atom. The lowest BCUT2D eigenvalue weighted by molar-refractivity contribution is 0.108. The van der Waals surface area contributed by atoms with Crippen molar-refractivity contribution in [3.05, 3.63) is 0 Å². The fourth-order valence-corrected chi connectivity index (χ4v) is 4.13. The Balaban J connectivity index is 2.88. The van der Waals surface area contributed by atoms with Crippen LogP contribution in [0.1, 0.15) is 33.1 Å². The van der Waals surface area contributed by atoms with Crippen LogP contribution in [0, 0.1) is 5.92 Å². The Bertz CT molecular complexity index is 332. The summed E-state index contributed by atoms with van der Waals surface area (Å²) in [6, 6.07) is -0.270. The number of rotatable bonds is 5. The minimum absolute atomic E-state index is 0.0969. The van der Waals surface area contributed by atoms with E-state index in [-0.39, 0.29) is 18.6 Å². The highest BCUT2D eigenvalue weighted by molar-refractivity contribution is 7.86. The summed E-state index contributed by atoms with van der Waals surface area (Å²) >= 11 is 0. The first-order valence-corrected chi connectivity index (χ1v) is 7.68. The van der Waals surface area contributed by atoms with Crippen molar-refractivity contribution >= 4 is 10.2 Å². The second-order valence-electron chi connectivity index (χ2n) is 4.81. The maximum Gasteiger partial charge on any atom is 0.282 e. The van der Waals surface area contributed by atoms with Gasteiger partial charge < -0.3 is 5.11 Å². The molecular weight excluding hydrogens is 240 g/mol. The second-order valence-corrected chi connectivity index (χ2v) is 6.80. The van der Waals surface area contributed by atoms with Gasteiger partial charge in [-0.2, -0.15) is 17.0 Å². The number of hydrogen-bond donors (Lipinski definition) is 1. The zero-order valence-electron chi connectivity index (χ0n) is 11.0. The number of aliphatic hydroxyl groups excluding tert-OH is 1. The lowest BCUT2D eigenvalue weighted by Crippen LogP contribution is -2.53. The molecule has 1 N–H and O–H groups in total. The molecule has 0 aliphatic carbocycles. The van der Waals surface area contributed by atoms with Crippen molar-refractivity contribution in [1.82, 2.24) is 8.61 Å². The van der Waals surface area contributed by atoms with E-state index < -0.39 is 10.2 Å².